The fraction of sp³-hybridized carbons (Fsp3) is 0.348. The van der Waals surface area contributed by atoms with E-state index in [1.165, 1.54) is 0 Å². The molecule has 1 fully saturated rings. The first-order valence-corrected chi connectivity index (χ1v) is 10.4. The Morgan fingerprint density at radius 2 is 1.90 bits per heavy atom. The number of rotatable bonds is 5. The highest BCUT2D eigenvalue weighted by molar-refractivity contribution is 5.80. The highest BCUT2D eigenvalue weighted by Gasteiger charge is 2.21. The molecule has 1 saturated heterocycles. The van der Waals surface area contributed by atoms with Crippen molar-refractivity contribution in [3.05, 3.63) is 66.2 Å². The van der Waals surface area contributed by atoms with Crippen molar-refractivity contribution in [2.24, 2.45) is 4.99 Å². The highest BCUT2D eigenvalue weighted by Crippen LogP contribution is 2.19. The van der Waals surface area contributed by atoms with Crippen molar-refractivity contribution < 1.29 is 4.42 Å². The summed E-state index contributed by atoms with van der Waals surface area (Å²) in [7, 11) is 1.79. The number of piperidine rings is 1. The Labute approximate surface area is 177 Å². The number of oxazole rings is 1. The molecule has 0 spiro atoms. The number of anilines is 1. The van der Waals surface area contributed by atoms with Crippen LogP contribution in [-0.2, 0) is 6.54 Å². The molecule has 7 heteroatoms. The van der Waals surface area contributed by atoms with Crippen molar-refractivity contribution >= 4 is 11.8 Å². The molecule has 0 bridgehead atoms. The summed E-state index contributed by atoms with van der Waals surface area (Å²) in [5.74, 6) is 2.48. The molecule has 3 heterocycles. The lowest BCUT2D eigenvalue weighted by Crippen LogP contribution is -2.48. The van der Waals surface area contributed by atoms with Gasteiger partial charge < -0.3 is 20.0 Å². The van der Waals surface area contributed by atoms with Crippen LogP contribution in [0.25, 0.3) is 11.5 Å². The molecule has 3 aromatic rings. The third-order valence-corrected chi connectivity index (χ3v) is 5.27. The maximum Gasteiger partial charge on any atom is 0.226 e. The van der Waals surface area contributed by atoms with Gasteiger partial charge in [-0.3, -0.25) is 4.99 Å². The van der Waals surface area contributed by atoms with E-state index in [9.17, 15) is 0 Å². The molecule has 0 unspecified atom stereocenters. The molecule has 1 aliphatic heterocycles. The molecule has 0 saturated carbocycles. The second-order valence-electron chi connectivity index (χ2n) is 7.48. The maximum absolute atomic E-state index is 5.61. The third kappa shape index (κ3) is 4.97. The molecule has 7 nitrogen and oxygen atoms in total. The van der Waals surface area contributed by atoms with Gasteiger partial charge in [-0.15, -0.1) is 0 Å². The second-order valence-corrected chi connectivity index (χ2v) is 7.48. The van der Waals surface area contributed by atoms with Gasteiger partial charge in [0.2, 0.25) is 5.89 Å². The average Bonchev–Trinajstić information content (AvgIpc) is 3.27. The summed E-state index contributed by atoms with van der Waals surface area (Å²) in [5.41, 5.74) is 2.87. The zero-order valence-electron chi connectivity index (χ0n) is 17.5. The van der Waals surface area contributed by atoms with E-state index in [1.54, 1.807) is 13.3 Å². The standard InChI is InChI=1S/C23H28N6O/c1-17-7-6-10-21(26-17)29-13-11-19(12-14-29)28-23(24-2)25-15-20-16-30-22(27-20)18-8-4-3-5-9-18/h3-10,16,19H,11-15H2,1-2H3,(H2,24,25,28). The van der Waals surface area contributed by atoms with Gasteiger partial charge in [-0.05, 0) is 44.0 Å². The second kappa shape index (κ2) is 9.43. The number of aliphatic imine (C=N–C) groups is 1. The predicted molar refractivity (Wildman–Crippen MR) is 119 cm³/mol. The van der Waals surface area contributed by atoms with Crippen LogP contribution in [0.2, 0.25) is 0 Å². The summed E-state index contributed by atoms with van der Waals surface area (Å²) in [5, 5.41) is 6.87. The van der Waals surface area contributed by atoms with Gasteiger partial charge >= 0.3 is 0 Å². The Hall–Kier alpha value is -3.35. The summed E-state index contributed by atoms with van der Waals surface area (Å²) in [6, 6.07) is 16.5. The van der Waals surface area contributed by atoms with E-state index in [1.807, 2.05) is 43.3 Å². The fourth-order valence-corrected chi connectivity index (χ4v) is 3.62. The molecule has 2 N–H and O–H groups in total. The topological polar surface area (TPSA) is 78.6 Å². The van der Waals surface area contributed by atoms with E-state index in [-0.39, 0.29) is 0 Å². The number of aryl methyl sites for hydroxylation is 1. The molecule has 0 atom stereocenters. The lowest BCUT2D eigenvalue weighted by Gasteiger charge is -2.33. The van der Waals surface area contributed by atoms with E-state index >= 15 is 0 Å². The molecule has 4 rings (SSSR count). The van der Waals surface area contributed by atoms with Gasteiger partial charge in [-0.2, -0.15) is 0 Å². The van der Waals surface area contributed by atoms with Crippen molar-refractivity contribution in [3.8, 4) is 11.5 Å². The van der Waals surface area contributed by atoms with Crippen molar-refractivity contribution in [2.45, 2.75) is 32.4 Å². The lowest BCUT2D eigenvalue weighted by atomic mass is 10.1. The molecule has 156 valence electrons. The van der Waals surface area contributed by atoms with Crippen molar-refractivity contribution in [2.75, 3.05) is 25.0 Å². The number of pyridine rings is 1. The van der Waals surface area contributed by atoms with Gasteiger partial charge in [0.05, 0.1) is 12.2 Å². The van der Waals surface area contributed by atoms with E-state index in [0.29, 0.717) is 18.5 Å². The van der Waals surface area contributed by atoms with Gasteiger partial charge in [0, 0.05) is 37.4 Å². The Bertz CT molecular complexity index is 976. The van der Waals surface area contributed by atoms with Crippen LogP contribution in [0.3, 0.4) is 0 Å². The number of nitrogens with one attached hydrogen (secondary N) is 2. The smallest absolute Gasteiger partial charge is 0.226 e. The van der Waals surface area contributed by atoms with Crippen molar-refractivity contribution in [1.82, 2.24) is 20.6 Å². The monoisotopic (exact) mass is 404 g/mol. The average molecular weight is 405 g/mol. The van der Waals surface area contributed by atoms with Gasteiger partial charge in [0.1, 0.15) is 12.1 Å². The van der Waals surface area contributed by atoms with Crippen LogP contribution < -0.4 is 15.5 Å². The number of nitrogens with zero attached hydrogens (tertiary/aromatic N) is 4. The number of guanidine groups is 1. The van der Waals surface area contributed by atoms with E-state index in [2.05, 4.69) is 42.6 Å². The molecule has 0 aliphatic carbocycles. The molecular formula is C23H28N6O. The molecule has 2 aromatic heterocycles. The zero-order valence-corrected chi connectivity index (χ0v) is 17.5. The minimum atomic E-state index is 0.384. The molecule has 1 aliphatic rings. The number of aromatic nitrogens is 2. The molecule has 0 amide bonds. The van der Waals surface area contributed by atoms with Crippen LogP contribution in [0.1, 0.15) is 24.2 Å². The summed E-state index contributed by atoms with van der Waals surface area (Å²) < 4.78 is 5.61. The number of hydrogen-bond acceptors (Lipinski definition) is 5. The van der Waals surface area contributed by atoms with Gasteiger partial charge in [-0.25, -0.2) is 9.97 Å². The SMILES string of the molecule is CN=C(NCc1coc(-c2ccccc2)n1)NC1CCN(c2cccc(C)n2)CC1. The quantitative estimate of drug-likeness (QED) is 0.501. The lowest BCUT2D eigenvalue weighted by molar-refractivity contribution is 0.459. The van der Waals surface area contributed by atoms with Crippen molar-refractivity contribution in [1.29, 1.82) is 0 Å². The van der Waals surface area contributed by atoms with Crippen LogP contribution in [0.4, 0.5) is 5.82 Å². The normalized spacial score (nSPS) is 15.3. The summed E-state index contributed by atoms with van der Waals surface area (Å²) >= 11 is 0. The van der Waals surface area contributed by atoms with Crippen molar-refractivity contribution in [3.63, 3.8) is 0 Å². The molecule has 0 radical (unpaired) electrons. The molecule has 1 aromatic carbocycles. The summed E-state index contributed by atoms with van der Waals surface area (Å²) in [6.45, 7) is 4.55. The number of hydrogen-bond donors (Lipinski definition) is 2. The Kier molecular flexibility index (Phi) is 6.27. The Balaban J connectivity index is 1.26. The van der Waals surface area contributed by atoms with E-state index < -0.39 is 0 Å². The minimum absolute atomic E-state index is 0.384. The summed E-state index contributed by atoms with van der Waals surface area (Å²) in [6.07, 6.45) is 3.77. The van der Waals surface area contributed by atoms with Crippen LogP contribution >= 0.6 is 0 Å². The Morgan fingerprint density at radius 1 is 1.10 bits per heavy atom. The minimum Gasteiger partial charge on any atom is -0.444 e. The van der Waals surface area contributed by atoms with Crippen LogP contribution in [-0.4, -0.2) is 42.1 Å². The predicted octanol–water partition coefficient (Wildman–Crippen LogP) is 3.38. The third-order valence-electron chi connectivity index (χ3n) is 5.27. The first kappa shape index (κ1) is 19.9. The van der Waals surface area contributed by atoms with Gasteiger partial charge in [0.25, 0.3) is 0 Å². The highest BCUT2D eigenvalue weighted by atomic mass is 16.3. The van der Waals surface area contributed by atoms with Gasteiger partial charge in [0.15, 0.2) is 5.96 Å². The van der Waals surface area contributed by atoms with Crippen LogP contribution in [0.15, 0.2) is 64.2 Å². The zero-order chi connectivity index (χ0) is 20.8. The summed E-state index contributed by atoms with van der Waals surface area (Å²) in [4.78, 5) is 15.9. The van der Waals surface area contributed by atoms with Crippen LogP contribution in [0.5, 0.6) is 0 Å². The maximum atomic E-state index is 5.61. The fourth-order valence-electron chi connectivity index (χ4n) is 3.62. The molecule has 30 heavy (non-hydrogen) atoms. The first-order chi connectivity index (χ1) is 14.7. The Morgan fingerprint density at radius 3 is 2.63 bits per heavy atom. The first-order valence-electron chi connectivity index (χ1n) is 10.4. The van der Waals surface area contributed by atoms with Crippen LogP contribution in [0, 0.1) is 6.92 Å². The largest absolute Gasteiger partial charge is 0.444 e. The van der Waals surface area contributed by atoms with E-state index in [4.69, 9.17) is 4.42 Å². The molecular weight excluding hydrogens is 376 g/mol. The number of benzene rings is 1. The van der Waals surface area contributed by atoms with E-state index in [0.717, 1.165) is 54.7 Å². The van der Waals surface area contributed by atoms with Gasteiger partial charge in [-0.1, -0.05) is 24.3 Å².